The number of hydrogen-bond acceptors (Lipinski definition) is 4. The molecule has 0 spiro atoms. The predicted molar refractivity (Wildman–Crippen MR) is 81.6 cm³/mol. The SMILES string of the molecule is COc1ccc(CNCc2cc(Cl)ccc2[N+](=O)[O-])cc1. The van der Waals surface area contributed by atoms with Gasteiger partial charge in [-0.05, 0) is 29.8 Å². The Kier molecular flexibility index (Phi) is 5.14. The standard InChI is InChI=1S/C15H15ClN2O3/c1-21-14-5-2-11(3-6-14)9-17-10-12-8-13(16)4-7-15(12)18(19)20/h2-8,17H,9-10H2,1H3. The van der Waals surface area contributed by atoms with E-state index in [0.717, 1.165) is 11.3 Å². The van der Waals surface area contributed by atoms with Crippen LogP contribution in [0.2, 0.25) is 5.02 Å². The van der Waals surface area contributed by atoms with Gasteiger partial charge in [0, 0.05) is 29.7 Å². The van der Waals surface area contributed by atoms with Gasteiger partial charge in [0.25, 0.3) is 5.69 Å². The third-order valence-corrected chi connectivity index (χ3v) is 3.28. The van der Waals surface area contributed by atoms with Gasteiger partial charge in [0.05, 0.1) is 12.0 Å². The van der Waals surface area contributed by atoms with Gasteiger partial charge in [0.15, 0.2) is 0 Å². The number of ether oxygens (including phenoxy) is 1. The number of halogens is 1. The molecule has 1 N–H and O–H groups in total. The van der Waals surface area contributed by atoms with Crippen molar-refractivity contribution in [2.75, 3.05) is 7.11 Å². The van der Waals surface area contributed by atoms with Crippen LogP contribution in [0.1, 0.15) is 11.1 Å². The quantitative estimate of drug-likeness (QED) is 0.655. The first-order valence-corrected chi connectivity index (χ1v) is 6.74. The van der Waals surface area contributed by atoms with Crippen LogP contribution in [-0.2, 0) is 13.1 Å². The van der Waals surface area contributed by atoms with Crippen LogP contribution < -0.4 is 10.1 Å². The molecule has 110 valence electrons. The number of methoxy groups -OCH3 is 1. The lowest BCUT2D eigenvalue weighted by Crippen LogP contribution is -2.13. The molecule has 0 aliphatic heterocycles. The maximum Gasteiger partial charge on any atom is 0.273 e. The summed E-state index contributed by atoms with van der Waals surface area (Å²) in [6, 6.07) is 12.2. The molecule has 0 unspecified atom stereocenters. The van der Waals surface area contributed by atoms with Gasteiger partial charge in [-0.3, -0.25) is 10.1 Å². The Morgan fingerprint density at radius 2 is 1.90 bits per heavy atom. The highest BCUT2D eigenvalue weighted by Crippen LogP contribution is 2.22. The fourth-order valence-electron chi connectivity index (χ4n) is 1.96. The Morgan fingerprint density at radius 3 is 2.52 bits per heavy atom. The molecule has 0 aliphatic rings. The summed E-state index contributed by atoms with van der Waals surface area (Å²) in [6.07, 6.45) is 0. The maximum absolute atomic E-state index is 11.0. The van der Waals surface area contributed by atoms with Gasteiger partial charge in [0.2, 0.25) is 0 Å². The second-order valence-electron chi connectivity index (χ2n) is 4.48. The predicted octanol–water partition coefficient (Wildman–Crippen LogP) is 3.55. The molecular weight excluding hydrogens is 292 g/mol. The van der Waals surface area contributed by atoms with Crippen molar-refractivity contribution in [1.82, 2.24) is 5.32 Å². The van der Waals surface area contributed by atoms with E-state index in [9.17, 15) is 10.1 Å². The molecule has 0 heterocycles. The van der Waals surface area contributed by atoms with Crippen molar-refractivity contribution in [1.29, 1.82) is 0 Å². The third-order valence-electron chi connectivity index (χ3n) is 3.04. The first kappa shape index (κ1) is 15.3. The second-order valence-corrected chi connectivity index (χ2v) is 4.92. The molecule has 0 atom stereocenters. The molecular formula is C15H15ClN2O3. The van der Waals surface area contributed by atoms with Crippen molar-refractivity contribution < 1.29 is 9.66 Å². The molecule has 21 heavy (non-hydrogen) atoms. The van der Waals surface area contributed by atoms with Crippen molar-refractivity contribution in [3.05, 3.63) is 68.7 Å². The molecule has 0 amide bonds. The van der Waals surface area contributed by atoms with Crippen LogP contribution in [0.15, 0.2) is 42.5 Å². The molecule has 0 aliphatic carbocycles. The summed E-state index contributed by atoms with van der Waals surface area (Å²) in [6.45, 7) is 0.983. The average molecular weight is 307 g/mol. The van der Waals surface area contributed by atoms with Crippen LogP contribution in [0, 0.1) is 10.1 Å². The van der Waals surface area contributed by atoms with Crippen molar-refractivity contribution in [2.24, 2.45) is 0 Å². The summed E-state index contributed by atoms with van der Waals surface area (Å²) < 4.78 is 5.09. The molecule has 0 bridgehead atoms. The zero-order chi connectivity index (χ0) is 15.2. The number of rotatable bonds is 6. The van der Waals surface area contributed by atoms with Crippen molar-refractivity contribution in [3.63, 3.8) is 0 Å². The van der Waals surface area contributed by atoms with Crippen LogP contribution in [-0.4, -0.2) is 12.0 Å². The zero-order valence-corrected chi connectivity index (χ0v) is 12.3. The van der Waals surface area contributed by atoms with Gasteiger partial charge < -0.3 is 10.1 Å². The Balaban J connectivity index is 1.99. The molecule has 0 saturated heterocycles. The van der Waals surface area contributed by atoms with Crippen LogP contribution in [0.25, 0.3) is 0 Å². The average Bonchev–Trinajstić information content (AvgIpc) is 2.48. The van der Waals surface area contributed by atoms with E-state index in [4.69, 9.17) is 16.3 Å². The number of nitrogens with one attached hydrogen (secondary N) is 1. The highest BCUT2D eigenvalue weighted by Gasteiger charge is 2.13. The molecule has 2 aromatic rings. The van der Waals surface area contributed by atoms with Crippen LogP contribution in [0.5, 0.6) is 5.75 Å². The molecule has 0 aromatic heterocycles. The highest BCUT2D eigenvalue weighted by atomic mass is 35.5. The minimum atomic E-state index is -0.402. The van der Waals surface area contributed by atoms with E-state index >= 15 is 0 Å². The fraction of sp³-hybridized carbons (Fsp3) is 0.200. The van der Waals surface area contributed by atoms with E-state index in [1.54, 1.807) is 13.2 Å². The van der Waals surface area contributed by atoms with Crippen LogP contribution in [0.4, 0.5) is 5.69 Å². The minimum Gasteiger partial charge on any atom is -0.497 e. The molecule has 2 aromatic carbocycles. The lowest BCUT2D eigenvalue weighted by Gasteiger charge is -2.07. The van der Waals surface area contributed by atoms with Gasteiger partial charge in [-0.25, -0.2) is 0 Å². The monoisotopic (exact) mass is 306 g/mol. The van der Waals surface area contributed by atoms with Crippen LogP contribution in [0.3, 0.4) is 0 Å². The molecule has 5 nitrogen and oxygen atoms in total. The van der Waals surface area contributed by atoms with Gasteiger partial charge in [-0.15, -0.1) is 0 Å². The summed E-state index contributed by atoms with van der Waals surface area (Å²) >= 11 is 5.89. The van der Waals surface area contributed by atoms with Crippen molar-refractivity contribution in [2.45, 2.75) is 13.1 Å². The lowest BCUT2D eigenvalue weighted by atomic mass is 10.1. The second kappa shape index (κ2) is 7.06. The van der Waals surface area contributed by atoms with E-state index in [2.05, 4.69) is 5.32 Å². The Morgan fingerprint density at radius 1 is 1.19 bits per heavy atom. The largest absolute Gasteiger partial charge is 0.497 e. The summed E-state index contributed by atoms with van der Waals surface area (Å²) in [5, 5.41) is 14.6. The Bertz CT molecular complexity index is 629. The molecule has 6 heteroatoms. The van der Waals surface area contributed by atoms with E-state index in [1.807, 2.05) is 24.3 Å². The van der Waals surface area contributed by atoms with E-state index in [-0.39, 0.29) is 5.69 Å². The minimum absolute atomic E-state index is 0.0710. The third kappa shape index (κ3) is 4.18. The molecule has 0 radical (unpaired) electrons. The lowest BCUT2D eigenvalue weighted by molar-refractivity contribution is -0.385. The van der Waals surface area contributed by atoms with Gasteiger partial charge >= 0.3 is 0 Å². The zero-order valence-electron chi connectivity index (χ0n) is 11.5. The van der Waals surface area contributed by atoms with Crippen molar-refractivity contribution in [3.8, 4) is 5.75 Å². The van der Waals surface area contributed by atoms with E-state index in [0.29, 0.717) is 23.7 Å². The normalized spacial score (nSPS) is 10.4. The molecule has 0 saturated carbocycles. The Labute approximate surface area is 127 Å². The maximum atomic E-state index is 11.0. The summed E-state index contributed by atoms with van der Waals surface area (Å²) in [4.78, 5) is 10.6. The Hall–Kier alpha value is -2.11. The smallest absolute Gasteiger partial charge is 0.273 e. The number of nitro groups is 1. The summed E-state index contributed by atoms with van der Waals surface area (Å²) in [5.41, 5.74) is 1.71. The first-order chi connectivity index (χ1) is 10.1. The molecule has 0 fully saturated rings. The summed E-state index contributed by atoms with van der Waals surface area (Å²) in [7, 11) is 1.62. The number of hydrogen-bond donors (Lipinski definition) is 1. The topological polar surface area (TPSA) is 64.4 Å². The van der Waals surface area contributed by atoms with E-state index in [1.165, 1.54) is 12.1 Å². The van der Waals surface area contributed by atoms with Gasteiger partial charge in [-0.1, -0.05) is 23.7 Å². The van der Waals surface area contributed by atoms with E-state index < -0.39 is 4.92 Å². The fourth-order valence-corrected chi connectivity index (χ4v) is 2.15. The number of benzene rings is 2. The number of nitrogens with zero attached hydrogens (tertiary/aromatic N) is 1. The van der Waals surface area contributed by atoms with Gasteiger partial charge in [0.1, 0.15) is 5.75 Å². The van der Waals surface area contributed by atoms with Crippen molar-refractivity contribution >= 4 is 17.3 Å². The van der Waals surface area contributed by atoms with Gasteiger partial charge in [-0.2, -0.15) is 0 Å². The summed E-state index contributed by atoms with van der Waals surface area (Å²) in [5.74, 6) is 0.796. The number of nitro benzene ring substituents is 1. The highest BCUT2D eigenvalue weighted by molar-refractivity contribution is 6.30. The van der Waals surface area contributed by atoms with Crippen LogP contribution >= 0.6 is 11.6 Å². The molecule has 2 rings (SSSR count). The first-order valence-electron chi connectivity index (χ1n) is 6.36.